The third-order valence-electron chi connectivity index (χ3n) is 4.08. The Morgan fingerprint density at radius 2 is 1.89 bits per heavy atom. The van der Waals surface area contributed by atoms with Gasteiger partial charge in [-0.25, -0.2) is 0 Å². The maximum absolute atomic E-state index is 3.66. The van der Waals surface area contributed by atoms with Crippen LogP contribution in [0.3, 0.4) is 0 Å². The van der Waals surface area contributed by atoms with Crippen molar-refractivity contribution in [2.45, 2.75) is 32.7 Å². The highest BCUT2D eigenvalue weighted by atomic mass is 14.9. The van der Waals surface area contributed by atoms with E-state index in [0.29, 0.717) is 6.04 Å². The van der Waals surface area contributed by atoms with Crippen LogP contribution in [0.2, 0.25) is 0 Å². The molecule has 98 valence electrons. The fraction of sp³-hybridized carbons (Fsp3) is 0.333. The van der Waals surface area contributed by atoms with E-state index in [1.165, 1.54) is 27.8 Å². The van der Waals surface area contributed by atoms with Crippen LogP contribution in [-0.4, -0.2) is 6.54 Å². The van der Waals surface area contributed by atoms with E-state index in [1.54, 1.807) is 0 Å². The van der Waals surface area contributed by atoms with Crippen molar-refractivity contribution in [3.8, 4) is 0 Å². The third-order valence-corrected chi connectivity index (χ3v) is 4.08. The standard InChI is InChI=1S/C18H21N/c1-3-14-6-9-15-10-11-19-18(17(15)12-14)16-7-4-13(2)5-8-16/h4-9,12,18-19H,3,10-11H2,1-2H3. The number of benzene rings is 2. The van der Waals surface area contributed by atoms with Crippen molar-refractivity contribution in [2.75, 3.05) is 6.54 Å². The van der Waals surface area contributed by atoms with E-state index < -0.39 is 0 Å². The summed E-state index contributed by atoms with van der Waals surface area (Å²) in [6, 6.07) is 16.2. The van der Waals surface area contributed by atoms with Gasteiger partial charge in [-0.3, -0.25) is 0 Å². The topological polar surface area (TPSA) is 12.0 Å². The molecule has 0 saturated carbocycles. The molecule has 1 heteroatoms. The van der Waals surface area contributed by atoms with Gasteiger partial charge in [0.2, 0.25) is 0 Å². The first-order valence-corrected chi connectivity index (χ1v) is 7.19. The zero-order chi connectivity index (χ0) is 13.2. The lowest BCUT2D eigenvalue weighted by molar-refractivity contribution is 0.567. The van der Waals surface area contributed by atoms with Gasteiger partial charge in [0.1, 0.15) is 0 Å². The molecule has 1 nitrogen and oxygen atoms in total. The van der Waals surface area contributed by atoms with Gasteiger partial charge in [-0.05, 0) is 42.0 Å². The van der Waals surface area contributed by atoms with Crippen molar-refractivity contribution in [3.63, 3.8) is 0 Å². The zero-order valence-electron chi connectivity index (χ0n) is 11.7. The van der Waals surface area contributed by atoms with Gasteiger partial charge in [-0.15, -0.1) is 0 Å². The molecule has 0 fully saturated rings. The summed E-state index contributed by atoms with van der Waals surface area (Å²) in [4.78, 5) is 0. The summed E-state index contributed by atoms with van der Waals surface area (Å²) < 4.78 is 0. The minimum absolute atomic E-state index is 0.357. The van der Waals surface area contributed by atoms with Crippen LogP contribution >= 0.6 is 0 Å². The van der Waals surface area contributed by atoms with E-state index in [2.05, 4.69) is 61.6 Å². The molecule has 0 aromatic heterocycles. The largest absolute Gasteiger partial charge is 0.306 e. The van der Waals surface area contributed by atoms with E-state index in [0.717, 1.165) is 19.4 Å². The van der Waals surface area contributed by atoms with Crippen LogP contribution in [0.4, 0.5) is 0 Å². The predicted molar refractivity (Wildman–Crippen MR) is 80.5 cm³/mol. The summed E-state index contributed by atoms with van der Waals surface area (Å²) in [5, 5.41) is 3.66. The summed E-state index contributed by atoms with van der Waals surface area (Å²) in [5.41, 5.74) is 7.09. The average molecular weight is 251 g/mol. The molecule has 0 bridgehead atoms. The fourth-order valence-corrected chi connectivity index (χ4v) is 2.88. The van der Waals surface area contributed by atoms with E-state index in [1.807, 2.05) is 0 Å². The Morgan fingerprint density at radius 1 is 1.11 bits per heavy atom. The second-order valence-electron chi connectivity index (χ2n) is 5.43. The lowest BCUT2D eigenvalue weighted by Gasteiger charge is -2.28. The highest BCUT2D eigenvalue weighted by Gasteiger charge is 2.21. The maximum Gasteiger partial charge on any atom is 0.0579 e. The van der Waals surface area contributed by atoms with Gasteiger partial charge in [0, 0.05) is 6.54 Å². The van der Waals surface area contributed by atoms with Crippen LogP contribution in [0.25, 0.3) is 0 Å². The third kappa shape index (κ3) is 2.43. The number of nitrogens with one attached hydrogen (secondary N) is 1. The Bertz CT molecular complexity index is 569. The minimum atomic E-state index is 0.357. The normalized spacial score (nSPS) is 18.1. The number of aryl methyl sites for hydroxylation is 2. The molecule has 3 rings (SSSR count). The van der Waals surface area contributed by atoms with Gasteiger partial charge in [0.05, 0.1) is 6.04 Å². The number of rotatable bonds is 2. The Kier molecular flexibility index (Phi) is 3.39. The molecule has 19 heavy (non-hydrogen) atoms. The minimum Gasteiger partial charge on any atom is -0.306 e. The maximum atomic E-state index is 3.66. The SMILES string of the molecule is CCc1ccc2c(c1)C(c1ccc(C)cc1)NCC2. The second-order valence-corrected chi connectivity index (χ2v) is 5.43. The Morgan fingerprint density at radius 3 is 2.63 bits per heavy atom. The van der Waals surface area contributed by atoms with E-state index >= 15 is 0 Å². The quantitative estimate of drug-likeness (QED) is 0.856. The average Bonchev–Trinajstić information content (AvgIpc) is 2.47. The van der Waals surface area contributed by atoms with E-state index in [4.69, 9.17) is 0 Å². The fourth-order valence-electron chi connectivity index (χ4n) is 2.88. The van der Waals surface area contributed by atoms with Gasteiger partial charge in [-0.1, -0.05) is 55.0 Å². The van der Waals surface area contributed by atoms with Crippen molar-refractivity contribution in [1.29, 1.82) is 0 Å². The first kappa shape index (κ1) is 12.4. The lowest BCUT2D eigenvalue weighted by Crippen LogP contribution is -2.30. The zero-order valence-corrected chi connectivity index (χ0v) is 11.7. The van der Waals surface area contributed by atoms with Crippen molar-refractivity contribution in [2.24, 2.45) is 0 Å². The molecule has 0 amide bonds. The van der Waals surface area contributed by atoms with Crippen molar-refractivity contribution < 1.29 is 0 Å². The monoisotopic (exact) mass is 251 g/mol. The summed E-state index contributed by atoms with van der Waals surface area (Å²) in [6.07, 6.45) is 2.25. The van der Waals surface area contributed by atoms with Crippen LogP contribution < -0.4 is 5.32 Å². The summed E-state index contributed by atoms with van der Waals surface area (Å²) >= 11 is 0. The molecule has 0 spiro atoms. The van der Waals surface area contributed by atoms with E-state index in [-0.39, 0.29) is 0 Å². The van der Waals surface area contributed by atoms with Gasteiger partial charge in [-0.2, -0.15) is 0 Å². The van der Waals surface area contributed by atoms with Crippen LogP contribution in [0.15, 0.2) is 42.5 Å². The van der Waals surface area contributed by atoms with Crippen LogP contribution in [0.5, 0.6) is 0 Å². The molecular weight excluding hydrogens is 230 g/mol. The number of hydrogen-bond donors (Lipinski definition) is 1. The summed E-state index contributed by atoms with van der Waals surface area (Å²) in [6.45, 7) is 5.43. The molecule has 1 aliphatic heterocycles. The smallest absolute Gasteiger partial charge is 0.0579 e. The van der Waals surface area contributed by atoms with Gasteiger partial charge in [0.25, 0.3) is 0 Å². The van der Waals surface area contributed by atoms with Gasteiger partial charge < -0.3 is 5.32 Å². The predicted octanol–water partition coefficient (Wildman–Crippen LogP) is 3.79. The molecule has 1 N–H and O–H groups in total. The first-order valence-electron chi connectivity index (χ1n) is 7.19. The van der Waals surface area contributed by atoms with Gasteiger partial charge >= 0.3 is 0 Å². The second kappa shape index (κ2) is 5.18. The Labute approximate surface area is 115 Å². The van der Waals surface area contributed by atoms with Crippen LogP contribution in [-0.2, 0) is 12.8 Å². The molecule has 1 heterocycles. The van der Waals surface area contributed by atoms with E-state index in [9.17, 15) is 0 Å². The molecule has 2 aromatic carbocycles. The van der Waals surface area contributed by atoms with Gasteiger partial charge in [0.15, 0.2) is 0 Å². The molecule has 1 atom stereocenters. The van der Waals surface area contributed by atoms with Crippen molar-refractivity contribution in [1.82, 2.24) is 5.32 Å². The lowest BCUT2D eigenvalue weighted by atomic mass is 9.88. The highest BCUT2D eigenvalue weighted by Crippen LogP contribution is 2.29. The number of hydrogen-bond acceptors (Lipinski definition) is 1. The van der Waals surface area contributed by atoms with Crippen molar-refractivity contribution >= 4 is 0 Å². The van der Waals surface area contributed by atoms with Crippen molar-refractivity contribution in [3.05, 3.63) is 70.3 Å². The number of fused-ring (bicyclic) bond motifs is 1. The Hall–Kier alpha value is -1.60. The summed E-state index contributed by atoms with van der Waals surface area (Å²) in [7, 11) is 0. The van der Waals surface area contributed by atoms with Crippen LogP contribution in [0, 0.1) is 6.92 Å². The molecule has 2 aromatic rings. The first-order chi connectivity index (χ1) is 9.28. The molecule has 1 unspecified atom stereocenters. The highest BCUT2D eigenvalue weighted by molar-refractivity contribution is 5.42. The molecule has 1 aliphatic rings. The van der Waals surface area contributed by atoms with Crippen LogP contribution in [0.1, 0.15) is 40.8 Å². The Balaban J connectivity index is 2.03. The molecular formula is C18H21N. The molecule has 0 saturated heterocycles. The summed E-state index contributed by atoms with van der Waals surface area (Å²) in [5.74, 6) is 0. The molecule has 0 radical (unpaired) electrons. The molecule has 0 aliphatic carbocycles.